The van der Waals surface area contributed by atoms with E-state index in [0.717, 1.165) is 0 Å². The minimum absolute atomic E-state index is 0.141. The van der Waals surface area contributed by atoms with Crippen molar-refractivity contribution < 1.29 is 4.79 Å². The van der Waals surface area contributed by atoms with Crippen LogP contribution in [-0.2, 0) is 11.2 Å². The lowest BCUT2D eigenvalue weighted by Gasteiger charge is -2.07. The van der Waals surface area contributed by atoms with Gasteiger partial charge in [-0.25, -0.2) is 4.68 Å². The van der Waals surface area contributed by atoms with Crippen molar-refractivity contribution in [1.82, 2.24) is 14.9 Å². The first-order valence-corrected chi connectivity index (χ1v) is 7.83. The number of nitrogens with zero attached hydrogens (tertiary/aromatic N) is 3. The number of carbonyl (C=O) groups excluding carboxylic acids is 1. The average Bonchev–Trinajstić information content (AvgIpc) is 2.82. The molecule has 0 atom stereocenters. The number of aryl methyl sites for hydroxylation is 1. The Hall–Kier alpha value is -1.44. The number of anilines is 1. The largest absolute Gasteiger partial charge is 0.336 e. The molecule has 1 amide bonds. The topological polar surface area (TPSA) is 85.8 Å². The van der Waals surface area contributed by atoms with E-state index in [1.54, 1.807) is 18.2 Å². The Morgan fingerprint density at radius 1 is 1.43 bits per heavy atom. The molecule has 0 spiro atoms. The van der Waals surface area contributed by atoms with Crippen LogP contribution in [0, 0.1) is 0 Å². The van der Waals surface area contributed by atoms with Crippen LogP contribution in [0.2, 0.25) is 10.0 Å². The Bertz CT molecular complexity index is 661. The molecule has 3 N–H and O–H groups in total. The minimum Gasteiger partial charge on any atom is -0.336 e. The van der Waals surface area contributed by atoms with Crippen molar-refractivity contribution in [2.45, 2.75) is 18.5 Å². The van der Waals surface area contributed by atoms with Crippen LogP contribution in [0.25, 0.3) is 0 Å². The number of aromatic nitrogens is 3. The van der Waals surface area contributed by atoms with Gasteiger partial charge in [0.25, 0.3) is 0 Å². The van der Waals surface area contributed by atoms with E-state index in [1.807, 2.05) is 6.92 Å². The number of benzene rings is 1. The highest BCUT2D eigenvalue weighted by molar-refractivity contribution is 7.99. The van der Waals surface area contributed by atoms with Gasteiger partial charge in [0.2, 0.25) is 11.1 Å². The van der Waals surface area contributed by atoms with Gasteiger partial charge in [0.1, 0.15) is 0 Å². The van der Waals surface area contributed by atoms with Crippen LogP contribution in [-0.4, -0.2) is 26.5 Å². The Morgan fingerprint density at radius 2 is 2.19 bits per heavy atom. The van der Waals surface area contributed by atoms with E-state index < -0.39 is 0 Å². The Kier molecular flexibility index (Phi) is 5.33. The van der Waals surface area contributed by atoms with E-state index in [2.05, 4.69) is 15.5 Å². The van der Waals surface area contributed by atoms with Crippen LogP contribution in [0.4, 0.5) is 5.69 Å². The van der Waals surface area contributed by atoms with Crippen molar-refractivity contribution in [3.8, 4) is 0 Å². The summed E-state index contributed by atoms with van der Waals surface area (Å²) in [7, 11) is 0. The second kappa shape index (κ2) is 7.02. The number of hydrogen-bond acceptors (Lipinski definition) is 5. The molecular formula is C12H13Cl2N5OS. The summed E-state index contributed by atoms with van der Waals surface area (Å²) in [6.45, 7) is 1.93. The van der Waals surface area contributed by atoms with Crippen molar-refractivity contribution in [2.75, 3.05) is 16.9 Å². The minimum atomic E-state index is -0.231. The molecule has 2 aromatic rings. The van der Waals surface area contributed by atoms with Crippen LogP contribution in [0.1, 0.15) is 12.7 Å². The van der Waals surface area contributed by atoms with Crippen LogP contribution in [0.5, 0.6) is 0 Å². The Morgan fingerprint density at radius 3 is 2.86 bits per heavy atom. The van der Waals surface area contributed by atoms with E-state index in [0.29, 0.717) is 33.1 Å². The first kappa shape index (κ1) is 15.9. The third-order valence-corrected chi connectivity index (χ3v) is 4.37. The van der Waals surface area contributed by atoms with Gasteiger partial charge >= 0.3 is 0 Å². The first-order chi connectivity index (χ1) is 10.0. The Balaban J connectivity index is 1.96. The molecule has 1 aromatic carbocycles. The summed E-state index contributed by atoms with van der Waals surface area (Å²) in [5.41, 5.74) is 0.471. The lowest BCUT2D eigenvalue weighted by atomic mass is 10.3. The van der Waals surface area contributed by atoms with Crippen LogP contribution in [0.15, 0.2) is 23.4 Å². The average molecular weight is 346 g/mol. The molecule has 0 radical (unpaired) electrons. The maximum Gasteiger partial charge on any atom is 0.234 e. The third kappa shape index (κ3) is 3.81. The third-order valence-electron chi connectivity index (χ3n) is 2.61. The number of nitrogen functional groups attached to an aromatic ring is 1. The van der Waals surface area contributed by atoms with E-state index in [1.165, 1.54) is 16.4 Å². The van der Waals surface area contributed by atoms with Gasteiger partial charge in [-0.1, -0.05) is 48.0 Å². The second-order valence-corrected chi connectivity index (χ2v) is 5.79. The van der Waals surface area contributed by atoms with E-state index in [4.69, 9.17) is 29.0 Å². The molecular weight excluding hydrogens is 333 g/mol. The number of nitrogens with one attached hydrogen (secondary N) is 1. The van der Waals surface area contributed by atoms with Crippen LogP contribution in [0.3, 0.4) is 0 Å². The summed E-state index contributed by atoms with van der Waals surface area (Å²) in [4.78, 5) is 11.9. The predicted octanol–water partition coefficient (Wildman–Crippen LogP) is 2.59. The number of thioether (sulfide) groups is 1. The fraction of sp³-hybridized carbons (Fsp3) is 0.250. The first-order valence-electron chi connectivity index (χ1n) is 6.09. The van der Waals surface area contributed by atoms with Gasteiger partial charge < -0.3 is 11.2 Å². The molecule has 0 bridgehead atoms. The van der Waals surface area contributed by atoms with Gasteiger partial charge in [0, 0.05) is 6.42 Å². The molecule has 0 fully saturated rings. The highest BCUT2D eigenvalue weighted by Gasteiger charge is 2.12. The molecule has 0 aliphatic rings. The molecule has 21 heavy (non-hydrogen) atoms. The summed E-state index contributed by atoms with van der Waals surface area (Å²) < 4.78 is 1.38. The number of nitrogens with two attached hydrogens (primary N) is 1. The fourth-order valence-electron chi connectivity index (χ4n) is 1.56. The zero-order valence-electron chi connectivity index (χ0n) is 11.1. The molecule has 112 valence electrons. The van der Waals surface area contributed by atoms with Crippen molar-refractivity contribution in [3.05, 3.63) is 34.1 Å². The summed E-state index contributed by atoms with van der Waals surface area (Å²) >= 11 is 13.1. The Labute approximate surface area is 136 Å². The molecule has 6 nitrogen and oxygen atoms in total. The van der Waals surface area contributed by atoms with Gasteiger partial charge in [-0.2, -0.15) is 0 Å². The molecule has 1 heterocycles. The van der Waals surface area contributed by atoms with Gasteiger partial charge in [0.15, 0.2) is 5.82 Å². The lowest BCUT2D eigenvalue weighted by Crippen LogP contribution is -2.17. The fourth-order valence-corrected chi connectivity index (χ4v) is 2.59. The molecule has 1 aromatic heterocycles. The molecule has 0 unspecified atom stereocenters. The zero-order chi connectivity index (χ0) is 15.4. The van der Waals surface area contributed by atoms with Gasteiger partial charge in [-0.3, -0.25) is 4.79 Å². The smallest absolute Gasteiger partial charge is 0.234 e. The van der Waals surface area contributed by atoms with Gasteiger partial charge in [0.05, 0.1) is 21.5 Å². The maximum atomic E-state index is 11.9. The summed E-state index contributed by atoms with van der Waals surface area (Å²) in [5, 5.41) is 11.7. The van der Waals surface area contributed by atoms with Crippen molar-refractivity contribution >= 4 is 46.6 Å². The van der Waals surface area contributed by atoms with Crippen molar-refractivity contribution in [3.63, 3.8) is 0 Å². The van der Waals surface area contributed by atoms with Gasteiger partial charge in [-0.15, -0.1) is 10.2 Å². The monoisotopic (exact) mass is 345 g/mol. The lowest BCUT2D eigenvalue weighted by molar-refractivity contribution is -0.113. The van der Waals surface area contributed by atoms with Crippen molar-refractivity contribution in [2.24, 2.45) is 0 Å². The zero-order valence-corrected chi connectivity index (χ0v) is 13.5. The van der Waals surface area contributed by atoms with E-state index in [-0.39, 0.29) is 11.7 Å². The maximum absolute atomic E-state index is 11.9. The van der Waals surface area contributed by atoms with Crippen LogP contribution < -0.4 is 11.2 Å². The van der Waals surface area contributed by atoms with E-state index in [9.17, 15) is 4.79 Å². The summed E-state index contributed by atoms with van der Waals surface area (Å²) in [5.74, 6) is 6.37. The van der Waals surface area contributed by atoms with Crippen molar-refractivity contribution in [1.29, 1.82) is 0 Å². The molecule has 0 saturated carbocycles. The summed E-state index contributed by atoms with van der Waals surface area (Å²) in [6, 6.07) is 5.04. The molecule has 0 aliphatic carbocycles. The number of halogens is 2. The number of rotatable bonds is 5. The SMILES string of the molecule is CCc1nnc(SCC(=O)Nc2cccc(Cl)c2Cl)n1N. The molecule has 2 rings (SSSR count). The van der Waals surface area contributed by atoms with E-state index >= 15 is 0 Å². The van der Waals surface area contributed by atoms with Crippen LogP contribution >= 0.6 is 35.0 Å². The quantitative estimate of drug-likeness (QED) is 0.642. The second-order valence-electron chi connectivity index (χ2n) is 4.06. The molecule has 0 aliphatic heterocycles. The number of hydrogen-bond donors (Lipinski definition) is 2. The highest BCUT2D eigenvalue weighted by Crippen LogP contribution is 2.29. The molecule has 0 saturated heterocycles. The summed E-state index contributed by atoms with van der Waals surface area (Å²) in [6.07, 6.45) is 0.675. The standard InChI is InChI=1S/C12H13Cl2N5OS/c1-2-9-17-18-12(19(9)15)21-6-10(20)16-8-5-3-4-7(13)11(8)14/h3-5H,2,6,15H2,1H3,(H,16,20). The predicted molar refractivity (Wildman–Crippen MR) is 85.4 cm³/mol. The number of carbonyl (C=O) groups is 1. The highest BCUT2D eigenvalue weighted by atomic mass is 35.5. The molecule has 9 heteroatoms. The number of amides is 1. The van der Waals surface area contributed by atoms with Gasteiger partial charge in [-0.05, 0) is 12.1 Å². The normalized spacial score (nSPS) is 10.6.